The summed E-state index contributed by atoms with van der Waals surface area (Å²) >= 11 is 13.7. The predicted molar refractivity (Wildman–Crippen MR) is 118 cm³/mol. The minimum Gasteiger partial charge on any atom is -0.349 e. The lowest BCUT2D eigenvalue weighted by Crippen LogP contribution is -2.33. The number of carbonyl (C=O) groups is 1. The third-order valence-electron chi connectivity index (χ3n) is 5.39. The van der Waals surface area contributed by atoms with Crippen molar-refractivity contribution >= 4 is 46.8 Å². The van der Waals surface area contributed by atoms with Crippen molar-refractivity contribution < 1.29 is 4.79 Å². The Labute approximate surface area is 185 Å². The van der Waals surface area contributed by atoms with Crippen molar-refractivity contribution in [3.8, 4) is 0 Å². The lowest BCUT2D eigenvalue weighted by molar-refractivity contribution is -0.120. The Morgan fingerprint density at radius 1 is 1.21 bits per heavy atom. The van der Waals surface area contributed by atoms with Gasteiger partial charge in [0.1, 0.15) is 0 Å². The van der Waals surface area contributed by atoms with E-state index >= 15 is 0 Å². The molecular weight excluding hydrogens is 429 g/mol. The van der Waals surface area contributed by atoms with E-state index in [1.54, 1.807) is 12.1 Å². The highest BCUT2D eigenvalue weighted by Crippen LogP contribution is 2.42. The summed E-state index contributed by atoms with van der Waals surface area (Å²) in [4.78, 5) is 15.1. The second-order valence-corrected chi connectivity index (χ2v) is 9.89. The molecule has 1 saturated carbocycles. The molecule has 2 fully saturated rings. The topological polar surface area (TPSA) is 63.1 Å². The highest BCUT2D eigenvalue weighted by atomic mass is 35.5. The first-order valence-electron chi connectivity index (χ1n) is 10.1. The molecule has 1 aliphatic heterocycles. The first-order valence-corrected chi connectivity index (χ1v) is 11.7. The summed E-state index contributed by atoms with van der Waals surface area (Å²) in [6.45, 7) is 5.88. The Morgan fingerprint density at radius 2 is 1.93 bits per heavy atom. The van der Waals surface area contributed by atoms with Gasteiger partial charge in [-0.15, -0.1) is 10.2 Å². The molecule has 1 amide bonds. The zero-order chi connectivity index (χ0) is 20.5. The molecule has 2 heterocycles. The van der Waals surface area contributed by atoms with Crippen LogP contribution in [0, 0.1) is 0 Å². The number of benzene rings is 1. The number of thioether (sulfide) groups is 1. The average Bonchev–Trinajstić information content (AvgIpc) is 3.20. The molecule has 2 unspecified atom stereocenters. The van der Waals surface area contributed by atoms with E-state index in [9.17, 15) is 4.79 Å². The van der Waals surface area contributed by atoms with Crippen LogP contribution < -0.4 is 10.2 Å². The number of hydrogen-bond acceptors (Lipinski definition) is 5. The molecule has 1 aromatic carbocycles. The fourth-order valence-electron chi connectivity index (χ4n) is 3.61. The molecule has 1 aromatic heterocycles. The van der Waals surface area contributed by atoms with Crippen LogP contribution in [0.1, 0.15) is 57.2 Å². The van der Waals surface area contributed by atoms with Gasteiger partial charge >= 0.3 is 0 Å². The van der Waals surface area contributed by atoms with Gasteiger partial charge in [0, 0.05) is 29.2 Å². The molecule has 1 aliphatic carbocycles. The number of hydrogen-bond donors (Lipinski definition) is 1. The minimum absolute atomic E-state index is 0.0541. The number of aromatic nitrogens is 3. The smallest absolute Gasteiger partial charge is 0.233 e. The second-order valence-electron chi connectivity index (χ2n) is 7.73. The van der Waals surface area contributed by atoms with Crippen LogP contribution >= 0.6 is 35.0 Å². The quantitative estimate of drug-likeness (QED) is 0.605. The molecule has 9 heteroatoms. The van der Waals surface area contributed by atoms with E-state index in [-0.39, 0.29) is 17.2 Å². The minimum atomic E-state index is -0.295. The van der Waals surface area contributed by atoms with E-state index in [1.807, 2.05) is 19.9 Å². The number of amides is 1. The van der Waals surface area contributed by atoms with Crippen LogP contribution in [0.2, 0.25) is 10.0 Å². The molecule has 1 N–H and O–H groups in total. The van der Waals surface area contributed by atoms with E-state index in [4.69, 9.17) is 23.2 Å². The summed E-state index contributed by atoms with van der Waals surface area (Å²) in [5.41, 5.74) is 0.846. The zero-order valence-corrected chi connectivity index (χ0v) is 18.9. The normalized spacial score (nSPS) is 18.7. The summed E-state index contributed by atoms with van der Waals surface area (Å²) < 4.78 is 2.24. The zero-order valence-electron chi connectivity index (χ0n) is 16.6. The summed E-state index contributed by atoms with van der Waals surface area (Å²) in [5, 5.41) is 13.6. The summed E-state index contributed by atoms with van der Waals surface area (Å²) in [6.07, 6.45) is 4.70. The highest BCUT2D eigenvalue weighted by molar-refractivity contribution is 8.00. The summed E-state index contributed by atoms with van der Waals surface area (Å²) in [5.74, 6) is 0.906. The lowest BCUT2D eigenvalue weighted by atomic mass is 10.1. The Balaban J connectivity index is 1.43. The lowest BCUT2D eigenvalue weighted by Gasteiger charge is -2.20. The van der Waals surface area contributed by atoms with E-state index in [2.05, 4.69) is 25.0 Å². The van der Waals surface area contributed by atoms with Gasteiger partial charge in [0.05, 0.1) is 11.3 Å². The molecule has 2 aliphatic rings. The van der Waals surface area contributed by atoms with Crippen LogP contribution in [0.5, 0.6) is 0 Å². The van der Waals surface area contributed by atoms with Crippen molar-refractivity contribution in [1.82, 2.24) is 20.1 Å². The van der Waals surface area contributed by atoms with Crippen LogP contribution in [0.25, 0.3) is 0 Å². The molecule has 0 spiro atoms. The van der Waals surface area contributed by atoms with Gasteiger partial charge in [-0.25, -0.2) is 0 Å². The van der Waals surface area contributed by atoms with E-state index in [0.717, 1.165) is 42.6 Å². The van der Waals surface area contributed by atoms with Crippen molar-refractivity contribution in [2.45, 2.75) is 62.0 Å². The average molecular weight is 454 g/mol. The molecule has 6 nitrogen and oxygen atoms in total. The first-order chi connectivity index (χ1) is 13.9. The molecule has 0 bridgehead atoms. The number of anilines is 1. The van der Waals surface area contributed by atoms with Crippen LogP contribution in [-0.4, -0.2) is 39.0 Å². The Hall–Kier alpha value is -1.44. The van der Waals surface area contributed by atoms with Crippen molar-refractivity contribution in [2.75, 3.05) is 18.0 Å². The molecule has 156 valence electrons. The van der Waals surface area contributed by atoms with E-state index < -0.39 is 0 Å². The van der Waals surface area contributed by atoms with Gasteiger partial charge in [-0.2, -0.15) is 0 Å². The van der Waals surface area contributed by atoms with Gasteiger partial charge in [0.15, 0.2) is 5.16 Å². The van der Waals surface area contributed by atoms with Gasteiger partial charge in [-0.3, -0.25) is 9.36 Å². The Kier molecular flexibility index (Phi) is 6.27. The molecule has 29 heavy (non-hydrogen) atoms. The summed E-state index contributed by atoms with van der Waals surface area (Å²) in [7, 11) is 0. The molecule has 4 rings (SSSR count). The van der Waals surface area contributed by atoms with Crippen molar-refractivity contribution in [2.24, 2.45) is 0 Å². The molecular formula is C20H25Cl2N5OS. The number of rotatable bonds is 7. The van der Waals surface area contributed by atoms with Gasteiger partial charge < -0.3 is 10.2 Å². The molecule has 2 aromatic rings. The maximum absolute atomic E-state index is 12.8. The molecule has 1 saturated heterocycles. The van der Waals surface area contributed by atoms with E-state index in [0.29, 0.717) is 16.1 Å². The Bertz CT molecular complexity index is 895. The van der Waals surface area contributed by atoms with Gasteiger partial charge in [0.25, 0.3) is 0 Å². The largest absolute Gasteiger partial charge is 0.349 e. The fourth-order valence-corrected chi connectivity index (χ4v) is 5.10. The van der Waals surface area contributed by atoms with Gasteiger partial charge in [-0.1, -0.05) is 41.0 Å². The monoisotopic (exact) mass is 453 g/mol. The molecule has 2 atom stereocenters. The standard InChI is InChI=1S/C20H25Cl2N5OS/c1-12(16-8-5-14(21)11-17(16)22)23-18(28)13(2)29-20-25-24-19(26-9-3-4-10-26)27(20)15-6-7-15/h5,8,11-13,15H,3-4,6-7,9-10H2,1-2H3,(H,23,28). The fraction of sp³-hybridized carbons (Fsp3) is 0.550. The van der Waals surface area contributed by atoms with Crippen molar-refractivity contribution in [3.05, 3.63) is 33.8 Å². The number of halogens is 2. The maximum atomic E-state index is 12.8. The number of nitrogens with one attached hydrogen (secondary N) is 1. The van der Waals surface area contributed by atoms with Gasteiger partial charge in [0.2, 0.25) is 11.9 Å². The Morgan fingerprint density at radius 3 is 2.59 bits per heavy atom. The van der Waals surface area contributed by atoms with Crippen molar-refractivity contribution in [1.29, 1.82) is 0 Å². The third kappa shape index (κ3) is 4.67. The number of nitrogens with zero attached hydrogens (tertiary/aromatic N) is 4. The number of carbonyl (C=O) groups excluding carboxylic acids is 1. The van der Waals surface area contributed by atoms with Crippen LogP contribution in [0.4, 0.5) is 5.95 Å². The SMILES string of the molecule is CC(Sc1nnc(N2CCCC2)n1C1CC1)C(=O)NC(C)c1ccc(Cl)cc1Cl. The van der Waals surface area contributed by atoms with Crippen molar-refractivity contribution in [3.63, 3.8) is 0 Å². The maximum Gasteiger partial charge on any atom is 0.233 e. The first kappa shape index (κ1) is 20.8. The third-order valence-corrected chi connectivity index (χ3v) is 7.01. The van der Waals surface area contributed by atoms with Crippen LogP contribution in [0.3, 0.4) is 0 Å². The second kappa shape index (κ2) is 8.74. The van der Waals surface area contributed by atoms with Crippen LogP contribution in [0.15, 0.2) is 23.4 Å². The van der Waals surface area contributed by atoms with Crippen LogP contribution in [-0.2, 0) is 4.79 Å². The van der Waals surface area contributed by atoms with E-state index in [1.165, 1.54) is 24.6 Å². The predicted octanol–water partition coefficient (Wildman–Crippen LogP) is 4.88. The highest BCUT2D eigenvalue weighted by Gasteiger charge is 2.33. The molecule has 0 radical (unpaired) electrons. The van der Waals surface area contributed by atoms with Gasteiger partial charge in [-0.05, 0) is 57.2 Å². The summed E-state index contributed by atoms with van der Waals surface area (Å²) in [6, 6.07) is 5.57.